The van der Waals surface area contributed by atoms with Gasteiger partial charge in [-0.3, -0.25) is 9.59 Å². The quantitative estimate of drug-likeness (QED) is 0.579. The molecular formula is C12H17ClN2O2. The number of carbonyl (C=O) groups excluding carboxylic acids is 2. The second-order valence-electron chi connectivity index (χ2n) is 3.77. The zero-order chi connectivity index (χ0) is 12.8. The Morgan fingerprint density at radius 3 is 2.76 bits per heavy atom. The summed E-state index contributed by atoms with van der Waals surface area (Å²) < 4.78 is 0. The van der Waals surface area contributed by atoms with Gasteiger partial charge in [-0.1, -0.05) is 31.5 Å². The summed E-state index contributed by atoms with van der Waals surface area (Å²) in [4.78, 5) is 23.4. The molecule has 1 amide bonds. The van der Waals surface area contributed by atoms with Crippen LogP contribution < -0.4 is 10.6 Å². The molecule has 0 aromatic carbocycles. The Hall–Kier alpha value is -1.29. The Kier molecular flexibility index (Phi) is 5.22. The summed E-state index contributed by atoms with van der Waals surface area (Å²) >= 11 is 5.83. The fourth-order valence-electron chi connectivity index (χ4n) is 1.53. The number of dihydropyridines is 1. The summed E-state index contributed by atoms with van der Waals surface area (Å²) in [6.45, 7) is 3.65. The van der Waals surface area contributed by atoms with E-state index in [-0.39, 0.29) is 17.2 Å². The van der Waals surface area contributed by atoms with E-state index in [1.165, 1.54) is 0 Å². The van der Waals surface area contributed by atoms with Crippen LogP contribution in [0.4, 0.5) is 0 Å². The Balaban J connectivity index is 2.62. The van der Waals surface area contributed by atoms with E-state index < -0.39 is 6.04 Å². The molecule has 5 heteroatoms. The van der Waals surface area contributed by atoms with E-state index in [9.17, 15) is 9.59 Å². The molecule has 0 aromatic heterocycles. The van der Waals surface area contributed by atoms with Crippen LogP contribution in [0.5, 0.6) is 0 Å². The van der Waals surface area contributed by atoms with Gasteiger partial charge in [0.2, 0.25) is 0 Å². The van der Waals surface area contributed by atoms with Gasteiger partial charge in [-0.15, -0.1) is 0 Å². The first-order valence-corrected chi connectivity index (χ1v) is 6.14. The van der Waals surface area contributed by atoms with Gasteiger partial charge in [-0.2, -0.15) is 0 Å². The number of amides is 1. The number of carbonyl (C=O) groups is 2. The summed E-state index contributed by atoms with van der Waals surface area (Å²) in [5.41, 5.74) is -0.00226. The average Bonchev–Trinajstić information content (AvgIpc) is 2.34. The largest absolute Gasteiger partial charge is 0.362 e. The van der Waals surface area contributed by atoms with Crippen LogP contribution in [-0.2, 0) is 9.59 Å². The van der Waals surface area contributed by atoms with Crippen molar-refractivity contribution >= 4 is 23.3 Å². The van der Waals surface area contributed by atoms with E-state index in [1.54, 1.807) is 25.2 Å². The number of allylic oxidation sites excluding steroid dienone is 2. The van der Waals surface area contributed by atoms with E-state index in [1.807, 2.05) is 6.92 Å². The van der Waals surface area contributed by atoms with Gasteiger partial charge in [0.05, 0.1) is 6.04 Å². The van der Waals surface area contributed by atoms with Crippen molar-refractivity contribution in [2.24, 2.45) is 0 Å². The van der Waals surface area contributed by atoms with Crippen LogP contribution in [-0.4, -0.2) is 23.2 Å². The molecule has 0 saturated heterocycles. The zero-order valence-corrected chi connectivity index (χ0v) is 10.8. The molecule has 0 aromatic rings. The van der Waals surface area contributed by atoms with Crippen LogP contribution in [0.1, 0.15) is 26.7 Å². The highest BCUT2D eigenvalue weighted by molar-refractivity contribution is 6.22. The van der Waals surface area contributed by atoms with Crippen molar-refractivity contribution in [1.29, 1.82) is 0 Å². The van der Waals surface area contributed by atoms with E-state index in [0.29, 0.717) is 18.5 Å². The van der Waals surface area contributed by atoms with Gasteiger partial charge in [-0.25, -0.2) is 0 Å². The van der Waals surface area contributed by atoms with Gasteiger partial charge in [0.25, 0.3) is 5.91 Å². The Morgan fingerprint density at radius 1 is 1.53 bits per heavy atom. The van der Waals surface area contributed by atoms with Crippen molar-refractivity contribution < 1.29 is 9.59 Å². The molecule has 2 unspecified atom stereocenters. The van der Waals surface area contributed by atoms with Gasteiger partial charge in [-0.05, 0) is 18.6 Å². The smallest absolute Gasteiger partial charge is 0.267 e. The van der Waals surface area contributed by atoms with Crippen LogP contribution in [0.15, 0.2) is 23.9 Å². The summed E-state index contributed by atoms with van der Waals surface area (Å²) in [5, 5.41) is 5.51. The lowest BCUT2D eigenvalue weighted by Crippen LogP contribution is -2.44. The molecule has 2 atom stereocenters. The lowest BCUT2D eigenvalue weighted by Gasteiger charge is -2.19. The first kappa shape index (κ1) is 13.8. The normalized spacial score (nSPS) is 20.2. The summed E-state index contributed by atoms with van der Waals surface area (Å²) in [6, 6.07) is -0.421. The molecule has 1 rings (SSSR count). The van der Waals surface area contributed by atoms with Crippen molar-refractivity contribution in [3.05, 3.63) is 23.9 Å². The minimum absolute atomic E-state index is 0.0372. The fourth-order valence-corrected chi connectivity index (χ4v) is 1.73. The number of halogens is 1. The lowest BCUT2D eigenvalue weighted by molar-refractivity contribution is -0.126. The second kappa shape index (κ2) is 6.45. The van der Waals surface area contributed by atoms with Crippen LogP contribution in [0.25, 0.3) is 0 Å². The van der Waals surface area contributed by atoms with Crippen molar-refractivity contribution in [2.75, 3.05) is 0 Å². The first-order valence-electron chi connectivity index (χ1n) is 5.71. The number of hydrogen-bond donors (Lipinski definition) is 2. The molecule has 17 heavy (non-hydrogen) atoms. The van der Waals surface area contributed by atoms with Crippen molar-refractivity contribution in [2.45, 2.75) is 38.2 Å². The molecule has 0 radical (unpaired) electrons. The van der Waals surface area contributed by atoms with Crippen molar-refractivity contribution in [3.8, 4) is 0 Å². The monoisotopic (exact) mass is 256 g/mol. The third kappa shape index (κ3) is 3.89. The van der Waals surface area contributed by atoms with Gasteiger partial charge in [0, 0.05) is 6.42 Å². The predicted octanol–water partition coefficient (Wildman–Crippen LogP) is 1.47. The molecular weight excluding hydrogens is 240 g/mol. The van der Waals surface area contributed by atoms with E-state index in [2.05, 4.69) is 10.6 Å². The van der Waals surface area contributed by atoms with Gasteiger partial charge in [0.15, 0.2) is 5.78 Å². The minimum Gasteiger partial charge on any atom is -0.362 e. The third-order valence-electron chi connectivity index (χ3n) is 2.53. The average molecular weight is 257 g/mol. The number of hydrogen-bond acceptors (Lipinski definition) is 3. The second-order valence-corrected chi connectivity index (χ2v) is 4.24. The maximum atomic E-state index is 11.8. The number of ketones is 1. The maximum Gasteiger partial charge on any atom is 0.267 e. The van der Waals surface area contributed by atoms with Crippen molar-refractivity contribution in [1.82, 2.24) is 10.6 Å². The molecule has 0 bridgehead atoms. The molecule has 1 aliphatic heterocycles. The number of nitrogens with one attached hydrogen (secondary N) is 2. The molecule has 0 fully saturated rings. The lowest BCUT2D eigenvalue weighted by atomic mass is 10.1. The molecule has 2 N–H and O–H groups in total. The molecule has 0 saturated carbocycles. The van der Waals surface area contributed by atoms with Crippen LogP contribution in [0, 0.1) is 0 Å². The fraction of sp³-hybridized carbons (Fsp3) is 0.500. The Bertz CT molecular complexity index is 364. The summed E-state index contributed by atoms with van der Waals surface area (Å²) in [6.07, 6.45) is 6.09. The highest BCUT2D eigenvalue weighted by Gasteiger charge is 2.20. The highest BCUT2D eigenvalue weighted by Crippen LogP contribution is 2.06. The standard InChI is InChI=1S/C12H17ClN2O2/c1-3-8(10(16)4-2)15-12(17)9-6-5-7-11(13)14-9/h5-8,11,14H,3-4H2,1-2H3,(H,15,17). The van der Waals surface area contributed by atoms with E-state index in [0.717, 1.165) is 0 Å². The molecule has 1 heterocycles. The zero-order valence-electron chi connectivity index (χ0n) is 10.00. The maximum absolute atomic E-state index is 11.8. The van der Waals surface area contributed by atoms with Crippen molar-refractivity contribution in [3.63, 3.8) is 0 Å². The molecule has 4 nitrogen and oxygen atoms in total. The minimum atomic E-state index is -0.421. The third-order valence-corrected chi connectivity index (χ3v) is 2.79. The Morgan fingerprint density at radius 2 is 2.24 bits per heavy atom. The van der Waals surface area contributed by atoms with Crippen LogP contribution in [0.2, 0.25) is 0 Å². The number of alkyl halides is 1. The molecule has 0 spiro atoms. The summed E-state index contributed by atoms with van der Waals surface area (Å²) in [7, 11) is 0. The number of Topliss-reactive ketones (excluding diaryl/α,β-unsaturated/α-hetero) is 1. The van der Waals surface area contributed by atoms with Gasteiger partial charge >= 0.3 is 0 Å². The topological polar surface area (TPSA) is 58.2 Å². The molecule has 94 valence electrons. The van der Waals surface area contributed by atoms with Gasteiger partial charge in [0.1, 0.15) is 11.2 Å². The van der Waals surface area contributed by atoms with Crippen LogP contribution in [0.3, 0.4) is 0 Å². The van der Waals surface area contributed by atoms with Crippen LogP contribution >= 0.6 is 11.6 Å². The van der Waals surface area contributed by atoms with E-state index in [4.69, 9.17) is 11.6 Å². The molecule has 0 aliphatic carbocycles. The number of rotatable bonds is 5. The SMILES string of the molecule is CCC(=O)C(CC)NC(=O)C1=CC=CC(Cl)N1. The molecule has 1 aliphatic rings. The predicted molar refractivity (Wildman–Crippen MR) is 67.5 cm³/mol. The van der Waals surface area contributed by atoms with E-state index >= 15 is 0 Å². The Labute approximate surface area is 106 Å². The first-order chi connectivity index (χ1) is 8.08. The summed E-state index contributed by atoms with van der Waals surface area (Å²) in [5.74, 6) is -0.260. The van der Waals surface area contributed by atoms with Gasteiger partial charge < -0.3 is 10.6 Å². The highest BCUT2D eigenvalue weighted by atomic mass is 35.5.